The predicted octanol–water partition coefficient (Wildman–Crippen LogP) is 13.1. The molecule has 2 aromatic heterocycles. The lowest BCUT2D eigenvalue weighted by atomic mass is 9.93. The maximum atomic E-state index is 6.55. The van der Waals surface area contributed by atoms with Crippen molar-refractivity contribution in [1.29, 1.82) is 0 Å². The molecule has 0 fully saturated rings. The maximum absolute atomic E-state index is 6.55. The summed E-state index contributed by atoms with van der Waals surface area (Å²) in [5.74, 6) is 1.83. The van der Waals surface area contributed by atoms with E-state index in [1.807, 2.05) is 30.3 Å². The number of rotatable bonds is 4. The van der Waals surface area contributed by atoms with Crippen LogP contribution in [0.25, 0.3) is 110 Å². The number of fused-ring (bicyclic) bond motifs is 10. The van der Waals surface area contributed by atoms with E-state index in [1.54, 1.807) is 0 Å². The van der Waals surface area contributed by atoms with Gasteiger partial charge in [0, 0.05) is 27.5 Å². The van der Waals surface area contributed by atoms with Gasteiger partial charge < -0.3 is 4.42 Å². The van der Waals surface area contributed by atoms with Crippen LogP contribution in [0.15, 0.2) is 180 Å². The van der Waals surface area contributed by atoms with Gasteiger partial charge in [0.2, 0.25) is 0 Å². The monoisotopic (exact) mass is 675 g/mol. The lowest BCUT2D eigenvalue weighted by Crippen LogP contribution is -2.01. The largest absolute Gasteiger partial charge is 0.456 e. The summed E-state index contributed by atoms with van der Waals surface area (Å²) in [7, 11) is 0. The normalized spacial score (nSPS) is 11.8. The van der Waals surface area contributed by atoms with Gasteiger partial charge in [-0.25, -0.2) is 15.0 Å². The third kappa shape index (κ3) is 4.80. The molecule has 2 heterocycles. The molecule has 11 rings (SSSR count). The quantitative estimate of drug-likeness (QED) is 0.174. The van der Waals surface area contributed by atoms with E-state index in [0.29, 0.717) is 17.5 Å². The Balaban J connectivity index is 1.19. The van der Waals surface area contributed by atoms with E-state index >= 15 is 0 Å². The standard InChI is InChI=1S/C49H29N3O/c1-2-13-31(14-3-1)47-50-48(34-24-25-40-38-18-7-6-16-36(38)37-17-8-9-19-39(37)42(40)27-34)52-49(51-47)43-28-35(33-23-22-30-12-4-5-15-32(30)26-33)29-45-46(43)41-20-10-11-21-44(41)53-45/h1-29H. The average molecular weight is 676 g/mol. The van der Waals surface area contributed by atoms with Gasteiger partial charge in [0.25, 0.3) is 0 Å². The van der Waals surface area contributed by atoms with Crippen LogP contribution in [0.1, 0.15) is 0 Å². The van der Waals surface area contributed by atoms with E-state index in [4.69, 9.17) is 19.4 Å². The van der Waals surface area contributed by atoms with Gasteiger partial charge in [-0.1, -0.05) is 146 Å². The van der Waals surface area contributed by atoms with Gasteiger partial charge >= 0.3 is 0 Å². The van der Waals surface area contributed by atoms with Gasteiger partial charge in [0.05, 0.1) is 0 Å². The summed E-state index contributed by atoms with van der Waals surface area (Å²) in [6, 6.07) is 61.6. The van der Waals surface area contributed by atoms with Crippen LogP contribution in [0.5, 0.6) is 0 Å². The lowest BCUT2D eigenvalue weighted by molar-refractivity contribution is 0.669. The van der Waals surface area contributed by atoms with Crippen molar-refractivity contribution < 1.29 is 4.42 Å². The first-order chi connectivity index (χ1) is 26.2. The second-order valence-electron chi connectivity index (χ2n) is 13.6. The first-order valence-corrected chi connectivity index (χ1v) is 17.9. The summed E-state index contributed by atoms with van der Waals surface area (Å²) in [6.45, 7) is 0. The van der Waals surface area contributed by atoms with E-state index in [2.05, 4.69) is 146 Å². The first-order valence-electron chi connectivity index (χ1n) is 17.9. The molecule has 246 valence electrons. The van der Waals surface area contributed by atoms with E-state index in [1.165, 1.54) is 43.1 Å². The molecule has 0 N–H and O–H groups in total. The van der Waals surface area contributed by atoms with Crippen LogP contribution in [-0.4, -0.2) is 15.0 Å². The average Bonchev–Trinajstić information content (AvgIpc) is 3.62. The van der Waals surface area contributed by atoms with Crippen molar-refractivity contribution in [1.82, 2.24) is 15.0 Å². The van der Waals surface area contributed by atoms with Gasteiger partial charge in [0.1, 0.15) is 11.2 Å². The van der Waals surface area contributed by atoms with Crippen LogP contribution < -0.4 is 0 Å². The summed E-state index contributed by atoms with van der Waals surface area (Å²) in [6.07, 6.45) is 0. The van der Waals surface area contributed by atoms with Gasteiger partial charge in [-0.3, -0.25) is 0 Å². The highest BCUT2D eigenvalue weighted by Gasteiger charge is 2.20. The zero-order valence-corrected chi connectivity index (χ0v) is 28.5. The first kappa shape index (κ1) is 29.5. The highest BCUT2D eigenvalue weighted by atomic mass is 16.3. The molecule has 0 saturated heterocycles. The molecule has 0 aliphatic rings. The minimum absolute atomic E-state index is 0.594. The zero-order chi connectivity index (χ0) is 34.9. The smallest absolute Gasteiger partial charge is 0.164 e. The van der Waals surface area contributed by atoms with E-state index in [-0.39, 0.29) is 0 Å². The van der Waals surface area contributed by atoms with Crippen LogP contribution in [0.3, 0.4) is 0 Å². The van der Waals surface area contributed by atoms with Gasteiger partial charge in [-0.15, -0.1) is 0 Å². The number of hydrogen-bond donors (Lipinski definition) is 0. The van der Waals surface area contributed by atoms with Crippen LogP contribution in [-0.2, 0) is 0 Å². The summed E-state index contributed by atoms with van der Waals surface area (Å²) in [4.78, 5) is 15.7. The fourth-order valence-electron chi connectivity index (χ4n) is 7.95. The van der Waals surface area contributed by atoms with Crippen LogP contribution in [0.2, 0.25) is 0 Å². The highest BCUT2D eigenvalue weighted by molar-refractivity contribution is 6.25. The Morgan fingerprint density at radius 1 is 0.302 bits per heavy atom. The molecule has 0 radical (unpaired) electrons. The molecule has 4 nitrogen and oxygen atoms in total. The van der Waals surface area contributed by atoms with E-state index in [0.717, 1.165) is 49.8 Å². The Labute approximate surface area is 304 Å². The molecule has 4 heteroatoms. The number of aromatic nitrogens is 3. The molecule has 53 heavy (non-hydrogen) atoms. The molecule has 0 aliphatic heterocycles. The minimum Gasteiger partial charge on any atom is -0.456 e. The summed E-state index contributed by atoms with van der Waals surface area (Å²) >= 11 is 0. The van der Waals surface area contributed by atoms with Crippen LogP contribution in [0.4, 0.5) is 0 Å². The van der Waals surface area contributed by atoms with Crippen molar-refractivity contribution in [2.24, 2.45) is 0 Å². The topological polar surface area (TPSA) is 51.8 Å². The maximum Gasteiger partial charge on any atom is 0.164 e. The Morgan fingerprint density at radius 3 is 1.62 bits per heavy atom. The summed E-state index contributed by atoms with van der Waals surface area (Å²) in [5, 5.41) is 11.7. The molecule has 0 amide bonds. The zero-order valence-electron chi connectivity index (χ0n) is 28.5. The van der Waals surface area contributed by atoms with Crippen LogP contribution in [0, 0.1) is 0 Å². The summed E-state index contributed by atoms with van der Waals surface area (Å²) < 4.78 is 6.55. The second kappa shape index (κ2) is 11.7. The Kier molecular flexibility index (Phi) is 6.52. The van der Waals surface area contributed by atoms with Crippen molar-refractivity contribution in [3.63, 3.8) is 0 Å². The fourth-order valence-corrected chi connectivity index (χ4v) is 7.95. The van der Waals surface area contributed by atoms with Gasteiger partial charge in [0.15, 0.2) is 17.5 Å². The molecule has 0 bridgehead atoms. The SMILES string of the molecule is c1ccc(-c2nc(-c3ccc4c5ccccc5c5ccccc5c4c3)nc(-c3cc(-c4ccc5ccccc5c4)cc4oc5ccccc5c34)n2)cc1. The third-order valence-corrected chi connectivity index (χ3v) is 10.5. The molecule has 0 spiro atoms. The molecule has 0 aliphatic carbocycles. The highest BCUT2D eigenvalue weighted by Crippen LogP contribution is 2.41. The second-order valence-corrected chi connectivity index (χ2v) is 13.6. The molecular formula is C49H29N3O. The predicted molar refractivity (Wildman–Crippen MR) is 219 cm³/mol. The molecule has 0 unspecified atom stereocenters. The molecule has 0 atom stereocenters. The van der Waals surface area contributed by atoms with E-state index in [9.17, 15) is 0 Å². The Morgan fingerprint density at radius 2 is 0.868 bits per heavy atom. The summed E-state index contributed by atoms with van der Waals surface area (Å²) in [5.41, 5.74) is 6.49. The number of nitrogens with zero attached hydrogens (tertiary/aromatic N) is 3. The molecule has 11 aromatic rings. The van der Waals surface area contributed by atoms with Crippen molar-refractivity contribution in [3.8, 4) is 45.3 Å². The third-order valence-electron chi connectivity index (χ3n) is 10.5. The molecule has 9 aromatic carbocycles. The van der Waals surface area contributed by atoms with Crippen molar-refractivity contribution in [3.05, 3.63) is 176 Å². The van der Waals surface area contributed by atoms with E-state index < -0.39 is 0 Å². The number of furan rings is 1. The van der Waals surface area contributed by atoms with Crippen molar-refractivity contribution >= 4 is 65.0 Å². The van der Waals surface area contributed by atoms with Gasteiger partial charge in [-0.2, -0.15) is 0 Å². The fraction of sp³-hybridized carbons (Fsp3) is 0. The number of hydrogen-bond acceptors (Lipinski definition) is 4. The molecular weight excluding hydrogens is 647 g/mol. The number of para-hydroxylation sites is 1. The minimum atomic E-state index is 0.594. The number of benzene rings is 9. The lowest BCUT2D eigenvalue weighted by Gasteiger charge is -2.13. The van der Waals surface area contributed by atoms with Crippen molar-refractivity contribution in [2.75, 3.05) is 0 Å². The van der Waals surface area contributed by atoms with Crippen molar-refractivity contribution in [2.45, 2.75) is 0 Å². The van der Waals surface area contributed by atoms with Crippen LogP contribution >= 0.6 is 0 Å². The Hall–Kier alpha value is -7.17. The molecule has 0 saturated carbocycles. The Bertz CT molecular complexity index is 3200. The van der Waals surface area contributed by atoms with Gasteiger partial charge in [-0.05, 0) is 84.5 Å².